The SMILES string of the molecule is Cc1ccc(C=C[C@@H]2OC(C)(C)OCC2NC(=O)O)cc1. The first-order chi connectivity index (χ1) is 9.85. The standard InChI is InChI=1S/C16H21NO4/c1-11-4-6-12(7-5-11)8-9-14-13(17-15(18)19)10-20-16(2,3)21-14/h4-9,13-14,17H,10H2,1-3H3,(H,18,19)/t13?,14-/m0/s1. The van der Waals surface area contributed by atoms with E-state index in [0.717, 1.165) is 5.56 Å². The maximum absolute atomic E-state index is 10.8. The molecular formula is C16H21NO4. The first kappa shape index (κ1) is 15.5. The van der Waals surface area contributed by atoms with Crippen LogP contribution in [0.4, 0.5) is 4.79 Å². The molecule has 1 aromatic carbocycles. The monoisotopic (exact) mass is 291 g/mol. The molecule has 21 heavy (non-hydrogen) atoms. The highest BCUT2D eigenvalue weighted by molar-refractivity contribution is 5.65. The van der Waals surface area contributed by atoms with Gasteiger partial charge in [0.15, 0.2) is 5.79 Å². The van der Waals surface area contributed by atoms with E-state index in [0.29, 0.717) is 0 Å². The van der Waals surface area contributed by atoms with Crippen molar-refractivity contribution in [3.8, 4) is 0 Å². The summed E-state index contributed by atoms with van der Waals surface area (Å²) in [7, 11) is 0. The summed E-state index contributed by atoms with van der Waals surface area (Å²) in [6.07, 6.45) is 2.35. The Hall–Kier alpha value is -1.85. The molecule has 0 aromatic heterocycles. The average molecular weight is 291 g/mol. The van der Waals surface area contributed by atoms with Gasteiger partial charge >= 0.3 is 6.09 Å². The number of amides is 1. The van der Waals surface area contributed by atoms with Crippen LogP contribution in [0.1, 0.15) is 25.0 Å². The fourth-order valence-electron chi connectivity index (χ4n) is 2.17. The molecule has 1 aromatic rings. The minimum absolute atomic E-state index is 0.280. The number of hydrogen-bond donors (Lipinski definition) is 2. The second kappa shape index (κ2) is 6.28. The van der Waals surface area contributed by atoms with E-state index in [4.69, 9.17) is 14.6 Å². The lowest BCUT2D eigenvalue weighted by atomic mass is 10.1. The van der Waals surface area contributed by atoms with Gasteiger partial charge in [-0.05, 0) is 26.3 Å². The number of ether oxygens (including phenoxy) is 2. The zero-order valence-corrected chi connectivity index (χ0v) is 12.5. The van der Waals surface area contributed by atoms with Crippen molar-refractivity contribution in [1.29, 1.82) is 0 Å². The highest BCUT2D eigenvalue weighted by Crippen LogP contribution is 2.23. The highest BCUT2D eigenvalue weighted by atomic mass is 16.7. The van der Waals surface area contributed by atoms with Crippen molar-refractivity contribution in [2.75, 3.05) is 6.61 Å². The fraction of sp³-hybridized carbons (Fsp3) is 0.438. The Morgan fingerprint density at radius 3 is 2.67 bits per heavy atom. The van der Waals surface area contributed by atoms with E-state index in [-0.39, 0.29) is 12.7 Å². The van der Waals surface area contributed by atoms with Gasteiger partial charge in [-0.2, -0.15) is 0 Å². The minimum Gasteiger partial charge on any atom is -0.465 e. The Bertz CT molecular complexity index is 522. The summed E-state index contributed by atoms with van der Waals surface area (Å²) < 4.78 is 11.3. The zero-order chi connectivity index (χ0) is 15.5. The second-order valence-corrected chi connectivity index (χ2v) is 5.62. The Kier molecular flexibility index (Phi) is 4.65. The first-order valence-corrected chi connectivity index (χ1v) is 6.92. The van der Waals surface area contributed by atoms with Gasteiger partial charge in [-0.3, -0.25) is 0 Å². The van der Waals surface area contributed by atoms with Gasteiger partial charge in [0, 0.05) is 0 Å². The van der Waals surface area contributed by atoms with Gasteiger partial charge in [-0.25, -0.2) is 4.79 Å². The molecule has 1 aliphatic rings. The molecule has 1 amide bonds. The smallest absolute Gasteiger partial charge is 0.405 e. The molecule has 0 saturated carbocycles. The third-order valence-corrected chi connectivity index (χ3v) is 3.29. The molecule has 2 rings (SSSR count). The Labute approximate surface area is 124 Å². The third-order valence-electron chi connectivity index (χ3n) is 3.29. The van der Waals surface area contributed by atoms with Crippen LogP contribution >= 0.6 is 0 Å². The van der Waals surface area contributed by atoms with Gasteiger partial charge in [0.1, 0.15) is 6.10 Å². The van der Waals surface area contributed by atoms with Crippen molar-refractivity contribution in [1.82, 2.24) is 5.32 Å². The largest absolute Gasteiger partial charge is 0.465 e. The molecule has 2 atom stereocenters. The fourth-order valence-corrected chi connectivity index (χ4v) is 2.17. The van der Waals surface area contributed by atoms with Crippen LogP contribution in [-0.4, -0.2) is 35.7 Å². The predicted octanol–water partition coefficient (Wildman–Crippen LogP) is 2.80. The molecule has 1 aliphatic heterocycles. The maximum atomic E-state index is 10.8. The molecule has 1 fully saturated rings. The van der Waals surface area contributed by atoms with Crippen LogP contribution in [0.5, 0.6) is 0 Å². The number of carbonyl (C=O) groups is 1. The van der Waals surface area contributed by atoms with E-state index in [1.165, 1.54) is 5.56 Å². The van der Waals surface area contributed by atoms with Crippen molar-refractivity contribution < 1.29 is 19.4 Å². The lowest BCUT2D eigenvalue weighted by molar-refractivity contribution is -0.271. The summed E-state index contributed by atoms with van der Waals surface area (Å²) in [6, 6.07) is 7.66. The van der Waals surface area contributed by atoms with E-state index in [1.54, 1.807) is 0 Å². The number of hydrogen-bond acceptors (Lipinski definition) is 3. The van der Waals surface area contributed by atoms with Crippen molar-refractivity contribution in [3.63, 3.8) is 0 Å². The molecule has 2 N–H and O–H groups in total. The van der Waals surface area contributed by atoms with Crippen LogP contribution in [0.2, 0.25) is 0 Å². The number of aryl methyl sites for hydroxylation is 1. The van der Waals surface area contributed by atoms with Gasteiger partial charge in [0.05, 0.1) is 12.6 Å². The normalized spacial score (nSPS) is 24.9. The zero-order valence-electron chi connectivity index (χ0n) is 12.5. The Balaban J connectivity index is 2.11. The van der Waals surface area contributed by atoms with Gasteiger partial charge < -0.3 is 19.9 Å². The van der Waals surface area contributed by atoms with Crippen LogP contribution in [0.3, 0.4) is 0 Å². The maximum Gasteiger partial charge on any atom is 0.405 e. The topological polar surface area (TPSA) is 67.8 Å². The van der Waals surface area contributed by atoms with Gasteiger partial charge in [-0.15, -0.1) is 0 Å². The molecule has 0 spiro atoms. The molecule has 1 saturated heterocycles. The van der Waals surface area contributed by atoms with Crippen molar-refractivity contribution in [3.05, 3.63) is 41.5 Å². The number of benzene rings is 1. The van der Waals surface area contributed by atoms with E-state index < -0.39 is 17.9 Å². The first-order valence-electron chi connectivity index (χ1n) is 6.92. The highest BCUT2D eigenvalue weighted by Gasteiger charge is 2.35. The lowest BCUT2D eigenvalue weighted by Gasteiger charge is -2.39. The molecule has 0 bridgehead atoms. The summed E-state index contributed by atoms with van der Waals surface area (Å²) in [5.41, 5.74) is 2.24. The van der Waals surface area contributed by atoms with Crippen molar-refractivity contribution >= 4 is 12.2 Å². The number of carboxylic acid groups (broad SMARTS) is 1. The third kappa shape index (κ3) is 4.58. The van der Waals surface area contributed by atoms with E-state index in [9.17, 15) is 4.79 Å². The number of rotatable bonds is 3. The van der Waals surface area contributed by atoms with E-state index in [1.807, 2.05) is 57.2 Å². The van der Waals surface area contributed by atoms with Crippen LogP contribution < -0.4 is 5.32 Å². The lowest BCUT2D eigenvalue weighted by Crippen LogP contribution is -2.55. The predicted molar refractivity (Wildman–Crippen MR) is 80.1 cm³/mol. The van der Waals surface area contributed by atoms with Crippen LogP contribution in [-0.2, 0) is 9.47 Å². The van der Waals surface area contributed by atoms with E-state index >= 15 is 0 Å². The molecule has 0 radical (unpaired) electrons. The van der Waals surface area contributed by atoms with Gasteiger partial charge in [0.2, 0.25) is 0 Å². The number of nitrogens with one attached hydrogen (secondary N) is 1. The average Bonchev–Trinajstić information content (AvgIpc) is 2.40. The quantitative estimate of drug-likeness (QED) is 0.898. The minimum atomic E-state index is -1.08. The van der Waals surface area contributed by atoms with Crippen LogP contribution in [0, 0.1) is 6.92 Å². The summed E-state index contributed by atoms with van der Waals surface area (Å²) >= 11 is 0. The van der Waals surface area contributed by atoms with Crippen LogP contribution in [0.15, 0.2) is 30.3 Å². The Morgan fingerprint density at radius 1 is 1.38 bits per heavy atom. The van der Waals surface area contributed by atoms with Crippen molar-refractivity contribution in [2.24, 2.45) is 0 Å². The Morgan fingerprint density at radius 2 is 2.05 bits per heavy atom. The molecule has 5 heteroatoms. The summed E-state index contributed by atoms with van der Waals surface area (Å²) in [5.74, 6) is -0.723. The summed E-state index contributed by atoms with van der Waals surface area (Å²) in [5, 5.41) is 11.3. The van der Waals surface area contributed by atoms with Gasteiger partial charge in [-0.1, -0.05) is 42.0 Å². The molecule has 5 nitrogen and oxygen atoms in total. The summed E-state index contributed by atoms with van der Waals surface area (Å²) in [4.78, 5) is 10.8. The van der Waals surface area contributed by atoms with Gasteiger partial charge in [0.25, 0.3) is 0 Å². The van der Waals surface area contributed by atoms with Crippen molar-refractivity contribution in [2.45, 2.75) is 38.7 Å². The van der Waals surface area contributed by atoms with Crippen LogP contribution in [0.25, 0.3) is 6.08 Å². The molecule has 0 aliphatic carbocycles. The molecule has 1 heterocycles. The molecule has 114 valence electrons. The summed E-state index contributed by atoms with van der Waals surface area (Å²) in [6.45, 7) is 5.94. The second-order valence-electron chi connectivity index (χ2n) is 5.62. The molecular weight excluding hydrogens is 270 g/mol. The molecule has 1 unspecified atom stereocenters. The van der Waals surface area contributed by atoms with E-state index in [2.05, 4.69) is 5.32 Å².